The van der Waals surface area contributed by atoms with Crippen molar-refractivity contribution in [3.8, 4) is 0 Å². The number of hydrogen-bond acceptors (Lipinski definition) is 2. The van der Waals surface area contributed by atoms with E-state index < -0.39 is 0 Å². The van der Waals surface area contributed by atoms with E-state index in [4.69, 9.17) is 5.11 Å². The van der Waals surface area contributed by atoms with E-state index in [2.05, 4.69) is 0 Å². The van der Waals surface area contributed by atoms with E-state index in [0.29, 0.717) is 5.92 Å². The molecule has 0 aliphatic heterocycles. The molecule has 0 aromatic rings. The Kier molecular flexibility index (Phi) is 6.92. The Labute approximate surface area is 81.3 Å². The zero-order valence-corrected chi connectivity index (χ0v) is 8.90. The van der Waals surface area contributed by atoms with Crippen LogP contribution < -0.4 is 0 Å². The molecule has 0 aromatic carbocycles. The van der Waals surface area contributed by atoms with Gasteiger partial charge in [0.2, 0.25) is 0 Å². The van der Waals surface area contributed by atoms with E-state index in [0.717, 1.165) is 12.8 Å². The van der Waals surface area contributed by atoms with Crippen LogP contribution in [-0.4, -0.2) is 22.9 Å². The lowest BCUT2D eigenvalue weighted by Gasteiger charge is -2.14. The molecule has 0 bridgehead atoms. The predicted octanol–water partition coefficient (Wildman–Crippen LogP) is 1.97. The molecule has 0 saturated carbocycles. The van der Waals surface area contributed by atoms with E-state index >= 15 is 0 Å². The van der Waals surface area contributed by atoms with Gasteiger partial charge in [0.15, 0.2) is 0 Å². The quantitative estimate of drug-likeness (QED) is 0.623. The first-order chi connectivity index (χ1) is 6.11. The number of aliphatic hydroxyl groups excluding tert-OH is 2. The van der Waals surface area contributed by atoms with Crippen molar-refractivity contribution in [2.75, 3.05) is 6.61 Å². The highest BCUT2D eigenvalue weighted by Crippen LogP contribution is 2.12. The second-order valence-corrected chi connectivity index (χ2v) is 3.78. The molecule has 0 aromatic heterocycles. The molecule has 0 aliphatic rings. The minimum Gasteiger partial charge on any atom is -0.396 e. The smallest absolute Gasteiger partial charge is 0.0566 e. The molecule has 0 aliphatic carbocycles. The highest BCUT2D eigenvalue weighted by Gasteiger charge is 2.09. The van der Waals surface area contributed by atoms with Gasteiger partial charge in [-0.3, -0.25) is 0 Å². The number of allylic oxidation sites excluding steroid dienone is 1. The van der Waals surface area contributed by atoms with E-state index in [1.165, 1.54) is 0 Å². The Balaban J connectivity index is 3.68. The molecule has 3 unspecified atom stereocenters. The first-order valence-corrected chi connectivity index (χ1v) is 5.07. The van der Waals surface area contributed by atoms with Crippen molar-refractivity contribution >= 4 is 0 Å². The van der Waals surface area contributed by atoms with Crippen LogP contribution in [0.25, 0.3) is 0 Å². The Morgan fingerprint density at radius 2 is 1.92 bits per heavy atom. The topological polar surface area (TPSA) is 40.5 Å². The first-order valence-electron chi connectivity index (χ1n) is 5.07. The van der Waals surface area contributed by atoms with Gasteiger partial charge in [0.05, 0.1) is 6.10 Å². The van der Waals surface area contributed by atoms with Crippen molar-refractivity contribution < 1.29 is 10.2 Å². The summed E-state index contributed by atoms with van der Waals surface area (Å²) in [6.45, 7) is 6.20. The molecule has 0 saturated heterocycles. The molecule has 2 nitrogen and oxygen atoms in total. The summed E-state index contributed by atoms with van der Waals surface area (Å²) in [5.74, 6) is 0.540. The summed E-state index contributed by atoms with van der Waals surface area (Å²) >= 11 is 0. The Morgan fingerprint density at radius 3 is 2.38 bits per heavy atom. The van der Waals surface area contributed by atoms with Gasteiger partial charge in [0.1, 0.15) is 0 Å². The molecular weight excluding hydrogens is 164 g/mol. The maximum atomic E-state index is 9.47. The monoisotopic (exact) mass is 186 g/mol. The fourth-order valence-corrected chi connectivity index (χ4v) is 1.15. The second kappa shape index (κ2) is 7.10. The summed E-state index contributed by atoms with van der Waals surface area (Å²) in [7, 11) is 0. The fourth-order valence-electron chi connectivity index (χ4n) is 1.15. The number of hydrogen-bond donors (Lipinski definition) is 2. The molecular formula is C11H22O2. The number of rotatable bonds is 6. The van der Waals surface area contributed by atoms with E-state index in [1.807, 2.05) is 32.9 Å². The molecule has 0 amide bonds. The second-order valence-electron chi connectivity index (χ2n) is 3.78. The lowest BCUT2D eigenvalue weighted by Crippen LogP contribution is -2.15. The molecule has 13 heavy (non-hydrogen) atoms. The van der Waals surface area contributed by atoms with Gasteiger partial charge in [-0.15, -0.1) is 0 Å². The van der Waals surface area contributed by atoms with E-state index in [-0.39, 0.29) is 18.6 Å². The standard InChI is InChI=1S/C11H22O2/c1-4-11(13)10(3)7-5-6-9(2)8-12/h5-6,9-13H,4,7-8H2,1-3H3. The molecule has 0 radical (unpaired) electrons. The minimum absolute atomic E-state index is 0.196. The third-order valence-electron chi connectivity index (χ3n) is 2.34. The number of aliphatic hydroxyl groups is 2. The van der Waals surface area contributed by atoms with Crippen LogP contribution in [0.5, 0.6) is 0 Å². The van der Waals surface area contributed by atoms with Crippen LogP contribution in [0.15, 0.2) is 12.2 Å². The summed E-state index contributed by atoms with van der Waals surface area (Å²) < 4.78 is 0. The Hall–Kier alpha value is -0.340. The summed E-state index contributed by atoms with van der Waals surface area (Å²) in [6.07, 6.45) is 5.54. The van der Waals surface area contributed by atoms with Crippen molar-refractivity contribution in [3.05, 3.63) is 12.2 Å². The van der Waals surface area contributed by atoms with Crippen molar-refractivity contribution in [1.82, 2.24) is 0 Å². The molecule has 78 valence electrons. The predicted molar refractivity (Wildman–Crippen MR) is 55.5 cm³/mol. The van der Waals surface area contributed by atoms with Gasteiger partial charge < -0.3 is 10.2 Å². The average Bonchev–Trinajstić information content (AvgIpc) is 2.15. The summed E-state index contributed by atoms with van der Waals surface area (Å²) in [6, 6.07) is 0. The SMILES string of the molecule is CCC(O)C(C)CC=CC(C)CO. The van der Waals surface area contributed by atoms with E-state index in [9.17, 15) is 5.11 Å². The molecule has 0 fully saturated rings. The normalized spacial score (nSPS) is 18.8. The molecule has 3 atom stereocenters. The lowest BCUT2D eigenvalue weighted by atomic mass is 9.98. The van der Waals surface area contributed by atoms with Gasteiger partial charge in [0.25, 0.3) is 0 Å². The first kappa shape index (κ1) is 12.7. The molecule has 2 N–H and O–H groups in total. The summed E-state index contributed by atoms with van der Waals surface area (Å²) in [5, 5.41) is 18.2. The zero-order chi connectivity index (χ0) is 10.3. The maximum absolute atomic E-state index is 9.47. The van der Waals surface area contributed by atoms with Gasteiger partial charge in [-0.1, -0.05) is 32.9 Å². The van der Waals surface area contributed by atoms with Crippen molar-refractivity contribution in [3.63, 3.8) is 0 Å². The van der Waals surface area contributed by atoms with Gasteiger partial charge in [0, 0.05) is 6.61 Å². The van der Waals surface area contributed by atoms with Gasteiger partial charge in [-0.2, -0.15) is 0 Å². The van der Waals surface area contributed by atoms with Crippen LogP contribution in [0.1, 0.15) is 33.6 Å². The zero-order valence-electron chi connectivity index (χ0n) is 8.90. The van der Waals surface area contributed by atoms with Crippen molar-refractivity contribution in [2.45, 2.75) is 39.7 Å². The molecule has 2 heteroatoms. The van der Waals surface area contributed by atoms with Gasteiger partial charge in [-0.05, 0) is 24.7 Å². The van der Waals surface area contributed by atoms with Crippen LogP contribution in [0.3, 0.4) is 0 Å². The minimum atomic E-state index is -0.200. The Bertz CT molecular complexity index is 143. The van der Waals surface area contributed by atoms with Crippen LogP contribution in [-0.2, 0) is 0 Å². The van der Waals surface area contributed by atoms with E-state index in [1.54, 1.807) is 0 Å². The van der Waals surface area contributed by atoms with Gasteiger partial charge in [-0.25, -0.2) is 0 Å². The van der Waals surface area contributed by atoms with Crippen molar-refractivity contribution in [1.29, 1.82) is 0 Å². The van der Waals surface area contributed by atoms with Crippen molar-refractivity contribution in [2.24, 2.45) is 11.8 Å². The summed E-state index contributed by atoms with van der Waals surface area (Å²) in [5.41, 5.74) is 0. The third-order valence-corrected chi connectivity index (χ3v) is 2.34. The third kappa shape index (κ3) is 5.83. The Morgan fingerprint density at radius 1 is 1.31 bits per heavy atom. The van der Waals surface area contributed by atoms with Crippen LogP contribution in [0.4, 0.5) is 0 Å². The highest BCUT2D eigenvalue weighted by molar-refractivity contribution is 4.88. The van der Waals surface area contributed by atoms with Crippen LogP contribution in [0, 0.1) is 11.8 Å². The lowest BCUT2D eigenvalue weighted by molar-refractivity contribution is 0.114. The molecule has 0 heterocycles. The maximum Gasteiger partial charge on any atom is 0.0566 e. The summed E-state index contributed by atoms with van der Waals surface area (Å²) in [4.78, 5) is 0. The fraction of sp³-hybridized carbons (Fsp3) is 0.818. The average molecular weight is 186 g/mol. The van der Waals surface area contributed by atoms with Crippen LogP contribution in [0.2, 0.25) is 0 Å². The molecule has 0 spiro atoms. The highest BCUT2D eigenvalue weighted by atomic mass is 16.3. The van der Waals surface area contributed by atoms with Gasteiger partial charge >= 0.3 is 0 Å². The van der Waals surface area contributed by atoms with Crippen LogP contribution >= 0.6 is 0 Å². The molecule has 0 rings (SSSR count). The largest absolute Gasteiger partial charge is 0.396 e.